The number of nitrogens with two attached hydrogens (primary N) is 1. The van der Waals surface area contributed by atoms with Crippen molar-refractivity contribution in [2.24, 2.45) is 23.5 Å². The number of carbonyl (C=O) groups is 2. The molecule has 4 atom stereocenters. The molecule has 2 aliphatic carbocycles. The van der Waals surface area contributed by atoms with E-state index in [9.17, 15) is 9.59 Å². The molecule has 9 nitrogen and oxygen atoms in total. The van der Waals surface area contributed by atoms with Gasteiger partial charge in [-0.1, -0.05) is 23.8 Å². The van der Waals surface area contributed by atoms with Crippen molar-refractivity contribution in [1.82, 2.24) is 19.9 Å². The molecule has 0 aromatic carbocycles. The van der Waals surface area contributed by atoms with Gasteiger partial charge in [-0.2, -0.15) is 0 Å². The van der Waals surface area contributed by atoms with Crippen molar-refractivity contribution < 1.29 is 14.7 Å². The zero-order valence-corrected chi connectivity index (χ0v) is 17.0. The molecule has 2 bridgehead atoms. The first-order valence-corrected chi connectivity index (χ1v) is 10.6. The van der Waals surface area contributed by atoms with Crippen molar-refractivity contribution in [3.05, 3.63) is 29.2 Å². The van der Waals surface area contributed by atoms with Crippen LogP contribution < -0.4 is 11.1 Å². The molecule has 3 aliphatic rings. The van der Waals surface area contributed by atoms with Gasteiger partial charge in [0.25, 0.3) is 0 Å². The second-order valence-corrected chi connectivity index (χ2v) is 8.80. The van der Waals surface area contributed by atoms with Gasteiger partial charge in [0.1, 0.15) is 11.3 Å². The number of carbonyl (C=O) groups excluding carboxylic acids is 1. The molecule has 1 aliphatic heterocycles. The van der Waals surface area contributed by atoms with E-state index in [-0.39, 0.29) is 35.6 Å². The van der Waals surface area contributed by atoms with Crippen LogP contribution in [0, 0.1) is 17.8 Å². The summed E-state index contributed by atoms with van der Waals surface area (Å²) in [7, 11) is 0. The number of aromatic amines is 1. The van der Waals surface area contributed by atoms with E-state index >= 15 is 0 Å². The summed E-state index contributed by atoms with van der Waals surface area (Å²) in [5.74, 6) is 0.730. The van der Waals surface area contributed by atoms with E-state index < -0.39 is 6.09 Å². The largest absolute Gasteiger partial charge is 0.465 e. The maximum absolute atomic E-state index is 12.1. The number of amides is 2. The molecule has 30 heavy (non-hydrogen) atoms. The van der Waals surface area contributed by atoms with E-state index in [1.54, 1.807) is 6.20 Å². The molecule has 1 saturated carbocycles. The number of H-pyrrole nitrogens is 1. The molecular weight excluding hydrogens is 408 g/mol. The number of nitrogens with zero attached hydrogens (tertiary/aromatic N) is 3. The summed E-state index contributed by atoms with van der Waals surface area (Å²) in [4.78, 5) is 37.0. The lowest BCUT2D eigenvalue weighted by Gasteiger charge is -2.29. The highest BCUT2D eigenvalue weighted by Crippen LogP contribution is 2.46. The van der Waals surface area contributed by atoms with Crippen LogP contribution in [0.2, 0.25) is 5.02 Å². The van der Waals surface area contributed by atoms with Crippen LogP contribution in [-0.2, 0) is 4.79 Å². The average molecular weight is 431 g/mol. The first-order chi connectivity index (χ1) is 14.4. The summed E-state index contributed by atoms with van der Waals surface area (Å²) < 4.78 is 0. The number of pyridine rings is 1. The number of carboxylic acid groups (broad SMARTS) is 1. The molecule has 2 amide bonds. The maximum Gasteiger partial charge on any atom is 0.407 e. The monoisotopic (exact) mass is 430 g/mol. The van der Waals surface area contributed by atoms with Crippen LogP contribution in [0.25, 0.3) is 11.2 Å². The van der Waals surface area contributed by atoms with E-state index in [1.165, 1.54) is 4.90 Å². The predicted octanol–water partition coefficient (Wildman–Crippen LogP) is 2.56. The van der Waals surface area contributed by atoms with Crippen molar-refractivity contribution in [3.8, 4) is 0 Å². The molecule has 2 aromatic rings. The zero-order chi connectivity index (χ0) is 21.0. The van der Waals surface area contributed by atoms with Gasteiger partial charge < -0.3 is 26.0 Å². The van der Waals surface area contributed by atoms with Crippen LogP contribution in [0.1, 0.15) is 31.0 Å². The summed E-state index contributed by atoms with van der Waals surface area (Å²) in [6.07, 6.45) is 7.21. The fourth-order valence-corrected chi connectivity index (χ4v) is 5.40. The minimum atomic E-state index is -0.887. The topological polar surface area (TPSA) is 137 Å². The molecule has 3 heterocycles. The van der Waals surface area contributed by atoms with Crippen molar-refractivity contribution in [3.63, 3.8) is 0 Å². The highest BCUT2D eigenvalue weighted by molar-refractivity contribution is 6.34. The molecule has 5 N–H and O–H groups in total. The van der Waals surface area contributed by atoms with Crippen molar-refractivity contribution in [1.29, 1.82) is 0 Å². The lowest BCUT2D eigenvalue weighted by atomic mass is 9.88. The van der Waals surface area contributed by atoms with Gasteiger partial charge >= 0.3 is 6.09 Å². The fraction of sp³-hybridized carbons (Fsp3) is 0.500. The molecule has 2 aromatic heterocycles. The minimum absolute atomic E-state index is 0.119. The van der Waals surface area contributed by atoms with Gasteiger partial charge in [-0.15, -0.1) is 0 Å². The summed E-state index contributed by atoms with van der Waals surface area (Å²) in [6.45, 7) is 0.961. The third-order valence-corrected chi connectivity index (χ3v) is 7.03. The molecule has 0 radical (unpaired) electrons. The molecule has 10 heteroatoms. The van der Waals surface area contributed by atoms with Crippen molar-refractivity contribution in [2.45, 2.75) is 31.2 Å². The molecule has 2 fully saturated rings. The summed E-state index contributed by atoms with van der Waals surface area (Å²) >= 11 is 6.48. The molecule has 0 unspecified atom stereocenters. The average Bonchev–Trinajstić information content (AvgIpc) is 3.44. The Morgan fingerprint density at radius 3 is 2.70 bits per heavy atom. The third kappa shape index (κ3) is 3.08. The van der Waals surface area contributed by atoms with Crippen LogP contribution in [0.15, 0.2) is 18.3 Å². The normalized spacial score (nSPS) is 28.4. The summed E-state index contributed by atoms with van der Waals surface area (Å²) in [6, 6.07) is -0.119. The number of imidazole rings is 1. The van der Waals surface area contributed by atoms with Gasteiger partial charge in [-0.05, 0) is 31.1 Å². The number of aromatic nitrogens is 3. The Morgan fingerprint density at radius 1 is 1.27 bits per heavy atom. The third-order valence-electron chi connectivity index (χ3n) is 6.74. The van der Waals surface area contributed by atoms with Crippen LogP contribution in [0.3, 0.4) is 0 Å². The lowest BCUT2D eigenvalue weighted by molar-refractivity contribution is -0.122. The number of nitrogens with one attached hydrogen (secondary N) is 2. The van der Waals surface area contributed by atoms with Crippen molar-refractivity contribution >= 4 is 40.5 Å². The van der Waals surface area contributed by atoms with Gasteiger partial charge in [-0.3, -0.25) is 4.79 Å². The van der Waals surface area contributed by atoms with E-state index in [1.807, 2.05) is 0 Å². The number of anilines is 1. The van der Waals surface area contributed by atoms with Gasteiger partial charge in [0.05, 0.1) is 22.8 Å². The number of primary amides is 1. The molecule has 158 valence electrons. The number of piperidine rings is 1. The molecule has 1 saturated heterocycles. The van der Waals surface area contributed by atoms with Crippen LogP contribution in [0.5, 0.6) is 0 Å². The highest BCUT2D eigenvalue weighted by atomic mass is 35.5. The number of halogens is 1. The van der Waals surface area contributed by atoms with Crippen LogP contribution >= 0.6 is 11.6 Å². The molecule has 5 rings (SSSR count). The highest BCUT2D eigenvalue weighted by Gasteiger charge is 2.47. The number of fused-ring (bicyclic) bond motifs is 3. The van der Waals surface area contributed by atoms with E-state index in [2.05, 4.69) is 32.4 Å². The first kappa shape index (κ1) is 19.2. The Balaban J connectivity index is 1.43. The fourth-order valence-electron chi connectivity index (χ4n) is 5.20. The lowest BCUT2D eigenvalue weighted by Crippen LogP contribution is -2.41. The Labute approximate surface area is 177 Å². The maximum atomic E-state index is 12.1. The number of likely N-dealkylation sites (tertiary alicyclic amines) is 1. The second-order valence-electron chi connectivity index (χ2n) is 8.39. The van der Waals surface area contributed by atoms with Gasteiger partial charge in [0.2, 0.25) is 5.91 Å². The number of allylic oxidation sites excluding steroid dienone is 1. The van der Waals surface area contributed by atoms with E-state index in [0.29, 0.717) is 47.8 Å². The number of hydrogen-bond acceptors (Lipinski definition) is 5. The van der Waals surface area contributed by atoms with Crippen LogP contribution in [-0.4, -0.2) is 56.1 Å². The predicted molar refractivity (Wildman–Crippen MR) is 111 cm³/mol. The molecular formula is C20H23ClN6O3. The smallest absolute Gasteiger partial charge is 0.407 e. The standard InChI is InChI=1S/C20H23ClN6O3/c21-12-8-23-19-16(25-18(26-19)9-3-5-27(6-4-9)20(29)30)15(12)24-14-11-2-1-10(7-11)13(14)17(22)28/h1-2,8-11,13-14H,3-7H2,(H2,22,28)(H,29,30)(H2,23,24,25,26)/t10-,11+,13+,14-/m1/s1. The Morgan fingerprint density at radius 2 is 2.00 bits per heavy atom. The summed E-state index contributed by atoms with van der Waals surface area (Å²) in [5.41, 5.74) is 7.62. The van der Waals surface area contributed by atoms with E-state index in [0.717, 1.165) is 12.2 Å². The van der Waals surface area contributed by atoms with Crippen molar-refractivity contribution in [2.75, 3.05) is 18.4 Å². The first-order valence-electron chi connectivity index (χ1n) is 10.2. The SMILES string of the molecule is NC(=O)[C@@H]1[C@H](Nc2c(Cl)cnc3nc(C4CCN(C(=O)O)CC4)[nH]c23)[C@H]2C=C[C@@H]1C2. The minimum Gasteiger partial charge on any atom is -0.465 e. The van der Waals surface area contributed by atoms with Crippen LogP contribution in [0.4, 0.5) is 10.5 Å². The molecule has 0 spiro atoms. The number of hydrogen-bond donors (Lipinski definition) is 4. The van der Waals surface area contributed by atoms with Gasteiger partial charge in [0, 0.05) is 25.0 Å². The van der Waals surface area contributed by atoms with E-state index in [4.69, 9.17) is 22.4 Å². The second kappa shape index (κ2) is 7.16. The van der Waals surface area contributed by atoms with Gasteiger partial charge in [0.15, 0.2) is 5.65 Å². The Bertz CT molecular complexity index is 1040. The zero-order valence-electron chi connectivity index (χ0n) is 16.2. The Kier molecular flexibility index (Phi) is 4.57. The van der Waals surface area contributed by atoms with Gasteiger partial charge in [-0.25, -0.2) is 14.8 Å². The summed E-state index contributed by atoms with van der Waals surface area (Å²) in [5, 5.41) is 13.1. The quantitative estimate of drug-likeness (QED) is 0.550. The Hall–Kier alpha value is -2.81. The number of rotatable bonds is 4.